The first-order chi connectivity index (χ1) is 14.2. The molecule has 30 heavy (non-hydrogen) atoms. The average Bonchev–Trinajstić information content (AvgIpc) is 3.23. The second-order valence-electron chi connectivity index (χ2n) is 8.42. The van der Waals surface area contributed by atoms with Crippen molar-refractivity contribution in [3.8, 4) is 0 Å². The highest BCUT2D eigenvalue weighted by Crippen LogP contribution is 2.51. The fraction of sp³-hybridized carbons (Fsp3) is 0.667. The zero-order chi connectivity index (χ0) is 21.6. The van der Waals surface area contributed by atoms with Gasteiger partial charge in [-0.1, -0.05) is 4.98 Å². The van der Waals surface area contributed by atoms with Crippen LogP contribution in [0.4, 0.5) is 5.95 Å². The van der Waals surface area contributed by atoms with Crippen molar-refractivity contribution in [1.82, 2.24) is 19.4 Å². The fourth-order valence-corrected chi connectivity index (χ4v) is 6.06. The number of carbonyl (C=O) groups is 2. The highest BCUT2D eigenvalue weighted by Gasteiger charge is 2.63. The normalized spacial score (nSPS) is 28.6. The van der Waals surface area contributed by atoms with E-state index in [0.717, 1.165) is 25.9 Å². The minimum Gasteiger partial charge on any atom is -0.480 e. The summed E-state index contributed by atoms with van der Waals surface area (Å²) >= 11 is 1.49. The van der Waals surface area contributed by atoms with Crippen molar-refractivity contribution >= 4 is 35.9 Å². The van der Waals surface area contributed by atoms with E-state index in [-0.39, 0.29) is 17.2 Å². The van der Waals surface area contributed by atoms with Gasteiger partial charge in [0.2, 0.25) is 0 Å². The molecular weight excluding hydrogens is 412 g/mol. The number of nitro groups is 1. The van der Waals surface area contributed by atoms with Crippen molar-refractivity contribution in [1.29, 1.82) is 0 Å². The molecule has 162 valence electrons. The molecule has 0 aromatic carbocycles. The van der Waals surface area contributed by atoms with E-state index in [4.69, 9.17) is 0 Å². The van der Waals surface area contributed by atoms with Crippen molar-refractivity contribution in [3.63, 3.8) is 0 Å². The lowest BCUT2D eigenvalue weighted by molar-refractivity contribution is -0.396. The zero-order valence-corrected chi connectivity index (χ0v) is 17.6. The Morgan fingerprint density at radius 2 is 2.17 bits per heavy atom. The Morgan fingerprint density at radius 1 is 1.47 bits per heavy atom. The summed E-state index contributed by atoms with van der Waals surface area (Å²) in [6.07, 6.45) is 6.50. The van der Waals surface area contributed by atoms with Gasteiger partial charge in [0.1, 0.15) is 23.8 Å². The molecule has 1 aromatic rings. The Kier molecular flexibility index (Phi) is 5.20. The number of aliphatic carboxylic acids is 1. The van der Waals surface area contributed by atoms with Crippen LogP contribution in [0.3, 0.4) is 0 Å². The summed E-state index contributed by atoms with van der Waals surface area (Å²) in [6.45, 7) is 5.75. The van der Waals surface area contributed by atoms with E-state index >= 15 is 0 Å². The number of amides is 1. The highest BCUT2D eigenvalue weighted by atomic mass is 32.2. The topological polar surface area (TPSA) is 134 Å². The minimum absolute atomic E-state index is 0.135. The number of carboxylic acid groups (broad SMARTS) is 1. The Balaban J connectivity index is 1.31. The number of likely N-dealkylation sites (tertiary alicyclic amines) is 1. The molecule has 12 heteroatoms. The number of hydrogen-bond donors (Lipinski definition) is 1. The van der Waals surface area contributed by atoms with E-state index in [9.17, 15) is 24.8 Å². The van der Waals surface area contributed by atoms with Gasteiger partial charge < -0.3 is 25.0 Å². The molecule has 11 nitrogen and oxygen atoms in total. The molecule has 0 radical (unpaired) electrons. The van der Waals surface area contributed by atoms with E-state index in [2.05, 4.69) is 9.98 Å². The number of piperidine rings is 1. The number of aromatic nitrogens is 2. The highest BCUT2D eigenvalue weighted by molar-refractivity contribution is 8.01. The standard InChI is InChI=1S/C18H24N6O5S/c1-18(2)13(16(26)27)23-14(25)12(15(23)30-18)20-10-21-6-3-11(4-7-21)9-22-8-5-19-17(22)24(28)29/h5,8,10-13,15H,3-4,6-7,9H2,1-2H3,(H,26,27)/t12-,13+,15-/m1/s1. The molecule has 4 rings (SSSR count). The smallest absolute Gasteiger partial charge is 0.434 e. The molecule has 3 saturated heterocycles. The van der Waals surface area contributed by atoms with Crippen molar-refractivity contribution < 1.29 is 19.6 Å². The molecule has 3 aliphatic heterocycles. The zero-order valence-electron chi connectivity index (χ0n) is 16.7. The lowest BCUT2D eigenvalue weighted by atomic mass is 9.96. The van der Waals surface area contributed by atoms with Gasteiger partial charge in [-0.25, -0.2) is 9.36 Å². The van der Waals surface area contributed by atoms with Crippen LogP contribution in [-0.2, 0) is 16.1 Å². The number of β-lactam (4-membered cyclic amide) rings is 1. The van der Waals surface area contributed by atoms with E-state index in [1.807, 2.05) is 18.7 Å². The Hall–Kier alpha value is -2.63. The van der Waals surface area contributed by atoms with E-state index in [1.165, 1.54) is 22.9 Å². The average molecular weight is 436 g/mol. The number of thioether (sulfide) groups is 1. The predicted molar refractivity (Wildman–Crippen MR) is 109 cm³/mol. The molecular formula is C18H24N6O5S. The summed E-state index contributed by atoms with van der Waals surface area (Å²) in [5, 5.41) is 20.2. The van der Waals surface area contributed by atoms with Crippen LogP contribution in [0.5, 0.6) is 0 Å². The van der Waals surface area contributed by atoms with Crippen LogP contribution in [0.1, 0.15) is 26.7 Å². The maximum absolute atomic E-state index is 12.5. The number of imidazole rings is 1. The van der Waals surface area contributed by atoms with Crippen LogP contribution >= 0.6 is 11.8 Å². The van der Waals surface area contributed by atoms with Gasteiger partial charge in [0.25, 0.3) is 5.91 Å². The van der Waals surface area contributed by atoms with E-state index in [1.54, 1.807) is 17.1 Å². The predicted octanol–water partition coefficient (Wildman–Crippen LogP) is 1.05. The van der Waals surface area contributed by atoms with Gasteiger partial charge in [0.05, 0.1) is 12.9 Å². The molecule has 3 aliphatic rings. The summed E-state index contributed by atoms with van der Waals surface area (Å²) in [5.74, 6) is -1.04. The van der Waals surface area contributed by atoms with Crippen LogP contribution in [0.25, 0.3) is 0 Å². The first kappa shape index (κ1) is 20.6. The third kappa shape index (κ3) is 3.53. The first-order valence-corrected chi connectivity index (χ1v) is 10.7. The number of rotatable bonds is 6. The minimum atomic E-state index is -0.981. The number of nitrogens with zero attached hydrogens (tertiary/aromatic N) is 6. The van der Waals surface area contributed by atoms with Crippen LogP contribution in [0.2, 0.25) is 0 Å². The van der Waals surface area contributed by atoms with Gasteiger partial charge in [-0.05, 0) is 37.5 Å². The van der Waals surface area contributed by atoms with Gasteiger partial charge in [0.15, 0.2) is 6.04 Å². The summed E-state index contributed by atoms with van der Waals surface area (Å²) in [7, 11) is 0. The van der Waals surface area contributed by atoms with Gasteiger partial charge in [0, 0.05) is 17.8 Å². The Morgan fingerprint density at radius 3 is 2.80 bits per heavy atom. The van der Waals surface area contributed by atoms with Crippen LogP contribution < -0.4 is 0 Å². The summed E-state index contributed by atoms with van der Waals surface area (Å²) in [6, 6.07) is -1.36. The number of hydrogen-bond acceptors (Lipinski definition) is 7. The second-order valence-corrected chi connectivity index (χ2v) is 10.2. The molecule has 0 aliphatic carbocycles. The van der Waals surface area contributed by atoms with Crippen LogP contribution in [0, 0.1) is 16.0 Å². The Labute approximate surface area is 177 Å². The quantitative estimate of drug-likeness (QED) is 0.230. The van der Waals surface area contributed by atoms with Crippen LogP contribution in [-0.4, -0.2) is 82.9 Å². The molecule has 0 saturated carbocycles. The molecule has 0 bridgehead atoms. The van der Waals surface area contributed by atoms with Gasteiger partial charge >= 0.3 is 11.9 Å². The first-order valence-electron chi connectivity index (χ1n) is 9.84. The van der Waals surface area contributed by atoms with Gasteiger partial charge in [-0.15, -0.1) is 11.8 Å². The van der Waals surface area contributed by atoms with Crippen molar-refractivity contribution in [3.05, 3.63) is 22.5 Å². The second kappa shape index (κ2) is 7.56. The summed E-state index contributed by atoms with van der Waals surface area (Å²) in [4.78, 5) is 46.3. The number of aliphatic imine (C=N–C) groups is 1. The molecule has 1 aromatic heterocycles. The van der Waals surface area contributed by atoms with Crippen molar-refractivity contribution in [2.24, 2.45) is 10.9 Å². The molecule has 3 atom stereocenters. The molecule has 1 amide bonds. The SMILES string of the molecule is CC1(C)S[C@@H]2[C@H](N=CN3CCC(Cn4ccnc4[N+](=O)[O-])CC3)C(=O)N2[C@H]1C(=O)O. The van der Waals surface area contributed by atoms with Gasteiger partial charge in [-0.2, -0.15) is 0 Å². The maximum atomic E-state index is 12.5. The molecule has 3 fully saturated rings. The number of fused-ring (bicyclic) bond motifs is 1. The molecule has 0 unspecified atom stereocenters. The maximum Gasteiger partial charge on any atom is 0.434 e. The number of carbonyl (C=O) groups excluding carboxylic acids is 1. The summed E-state index contributed by atoms with van der Waals surface area (Å²) in [5.41, 5.74) is 0. The van der Waals surface area contributed by atoms with E-state index in [0.29, 0.717) is 12.5 Å². The lowest BCUT2D eigenvalue weighted by Gasteiger charge is -2.41. The molecule has 1 N–H and O–H groups in total. The molecule has 4 heterocycles. The largest absolute Gasteiger partial charge is 0.480 e. The third-order valence-electron chi connectivity index (χ3n) is 6.00. The monoisotopic (exact) mass is 436 g/mol. The van der Waals surface area contributed by atoms with Crippen molar-refractivity contribution in [2.75, 3.05) is 13.1 Å². The van der Waals surface area contributed by atoms with Crippen LogP contribution in [0.15, 0.2) is 17.4 Å². The fourth-order valence-electron chi connectivity index (χ4n) is 4.44. The number of carboxylic acids is 1. The van der Waals surface area contributed by atoms with E-state index < -0.39 is 27.7 Å². The lowest BCUT2D eigenvalue weighted by Crippen LogP contribution is -2.65. The van der Waals surface area contributed by atoms with Gasteiger partial charge in [-0.3, -0.25) is 9.79 Å². The summed E-state index contributed by atoms with van der Waals surface area (Å²) < 4.78 is 1.03. The van der Waals surface area contributed by atoms with Crippen molar-refractivity contribution in [2.45, 2.75) is 55.4 Å². The Bertz CT molecular complexity index is 893. The molecule has 0 spiro atoms. The third-order valence-corrected chi connectivity index (χ3v) is 7.56.